The molecule has 0 aromatic heterocycles. The second-order valence-corrected chi connectivity index (χ2v) is 5.69. The van der Waals surface area contributed by atoms with Gasteiger partial charge in [-0.25, -0.2) is 0 Å². The Balaban J connectivity index is 1.92. The fourth-order valence-electron chi connectivity index (χ4n) is 3.14. The molecule has 1 aliphatic carbocycles. The minimum absolute atomic E-state index is 0.0249. The molecule has 1 amide bonds. The molecule has 2 aliphatic rings. The third kappa shape index (κ3) is 3.23. The van der Waals surface area contributed by atoms with Crippen LogP contribution in [-0.4, -0.2) is 48.6 Å². The van der Waals surface area contributed by atoms with Gasteiger partial charge in [0.25, 0.3) is 0 Å². The number of carbonyl (C=O) groups excluding carboxylic acids is 1. The number of hydrogen-bond donors (Lipinski definition) is 2. The largest absolute Gasteiger partial charge is 0.339 e. The van der Waals surface area contributed by atoms with E-state index in [-0.39, 0.29) is 6.04 Å². The van der Waals surface area contributed by atoms with Gasteiger partial charge in [-0.1, -0.05) is 19.3 Å². The molecular formula is C14H27N3O. The van der Waals surface area contributed by atoms with Crippen molar-refractivity contribution in [2.45, 2.75) is 64.1 Å². The molecule has 0 radical (unpaired) electrons. The Morgan fingerprint density at radius 2 is 1.89 bits per heavy atom. The van der Waals surface area contributed by atoms with Gasteiger partial charge < -0.3 is 15.5 Å². The van der Waals surface area contributed by atoms with Gasteiger partial charge in [-0.15, -0.1) is 0 Å². The lowest BCUT2D eigenvalue weighted by Crippen LogP contribution is -2.60. The highest BCUT2D eigenvalue weighted by molar-refractivity contribution is 5.82. The zero-order valence-corrected chi connectivity index (χ0v) is 11.7. The summed E-state index contributed by atoms with van der Waals surface area (Å²) in [5.74, 6) is 0.295. The summed E-state index contributed by atoms with van der Waals surface area (Å²) in [6, 6.07) is 0.930. The van der Waals surface area contributed by atoms with Crippen molar-refractivity contribution in [3.8, 4) is 0 Å². The topological polar surface area (TPSA) is 44.4 Å². The second-order valence-electron chi connectivity index (χ2n) is 5.69. The number of carbonyl (C=O) groups is 1. The van der Waals surface area contributed by atoms with Crippen molar-refractivity contribution in [1.29, 1.82) is 0 Å². The standard InChI is InChI=1S/C14H27N3O/c1-3-17(12-7-5-4-6-8-12)14(18)13-10-15-11(2)9-16-13/h11-13,15-16H,3-10H2,1-2H3. The fraction of sp³-hybridized carbons (Fsp3) is 0.929. The molecule has 1 heterocycles. The Kier molecular flexibility index (Phi) is 5.01. The number of amides is 1. The lowest BCUT2D eigenvalue weighted by Gasteiger charge is -2.38. The normalized spacial score (nSPS) is 30.1. The van der Waals surface area contributed by atoms with Crippen molar-refractivity contribution >= 4 is 5.91 Å². The van der Waals surface area contributed by atoms with E-state index in [1.807, 2.05) is 0 Å². The summed E-state index contributed by atoms with van der Waals surface area (Å²) in [5.41, 5.74) is 0. The van der Waals surface area contributed by atoms with Crippen LogP contribution in [0.1, 0.15) is 46.0 Å². The molecule has 4 nitrogen and oxygen atoms in total. The Morgan fingerprint density at radius 3 is 2.44 bits per heavy atom. The maximum Gasteiger partial charge on any atom is 0.241 e. The molecule has 0 bridgehead atoms. The van der Waals surface area contributed by atoms with Crippen molar-refractivity contribution < 1.29 is 4.79 Å². The zero-order chi connectivity index (χ0) is 13.0. The van der Waals surface area contributed by atoms with E-state index >= 15 is 0 Å². The van der Waals surface area contributed by atoms with Gasteiger partial charge in [0.1, 0.15) is 0 Å². The van der Waals surface area contributed by atoms with Gasteiger partial charge >= 0.3 is 0 Å². The van der Waals surface area contributed by atoms with E-state index in [1.54, 1.807) is 0 Å². The molecule has 4 heteroatoms. The quantitative estimate of drug-likeness (QED) is 0.792. The van der Waals surface area contributed by atoms with Gasteiger partial charge in [-0.05, 0) is 26.7 Å². The predicted octanol–water partition coefficient (Wildman–Crippen LogP) is 1.12. The summed E-state index contributed by atoms with van der Waals surface area (Å²) < 4.78 is 0. The predicted molar refractivity (Wildman–Crippen MR) is 73.5 cm³/mol. The zero-order valence-electron chi connectivity index (χ0n) is 11.7. The van der Waals surface area contributed by atoms with Gasteiger partial charge in [0.15, 0.2) is 0 Å². The monoisotopic (exact) mass is 253 g/mol. The van der Waals surface area contributed by atoms with E-state index in [0.717, 1.165) is 19.6 Å². The van der Waals surface area contributed by atoms with Crippen LogP contribution in [-0.2, 0) is 4.79 Å². The van der Waals surface area contributed by atoms with E-state index in [4.69, 9.17) is 0 Å². The molecule has 1 saturated carbocycles. The van der Waals surface area contributed by atoms with Crippen LogP contribution in [0.3, 0.4) is 0 Å². The molecule has 104 valence electrons. The van der Waals surface area contributed by atoms with Crippen LogP contribution >= 0.6 is 0 Å². The van der Waals surface area contributed by atoms with Crippen LogP contribution in [0.5, 0.6) is 0 Å². The summed E-state index contributed by atoms with van der Waals surface area (Å²) in [6.07, 6.45) is 6.28. The first-order valence-electron chi connectivity index (χ1n) is 7.49. The van der Waals surface area contributed by atoms with Crippen molar-refractivity contribution in [3.63, 3.8) is 0 Å². The van der Waals surface area contributed by atoms with Gasteiger partial charge in [0.2, 0.25) is 5.91 Å². The molecule has 2 fully saturated rings. The molecule has 2 rings (SSSR count). The van der Waals surface area contributed by atoms with E-state index < -0.39 is 0 Å². The Hall–Kier alpha value is -0.610. The van der Waals surface area contributed by atoms with E-state index in [1.165, 1.54) is 32.1 Å². The summed E-state index contributed by atoms with van der Waals surface area (Å²) in [7, 11) is 0. The number of nitrogens with zero attached hydrogens (tertiary/aromatic N) is 1. The fourth-order valence-corrected chi connectivity index (χ4v) is 3.14. The highest BCUT2D eigenvalue weighted by Crippen LogP contribution is 2.23. The molecule has 0 spiro atoms. The lowest BCUT2D eigenvalue weighted by atomic mass is 9.93. The molecule has 1 aliphatic heterocycles. The van der Waals surface area contributed by atoms with Crippen molar-refractivity contribution in [1.82, 2.24) is 15.5 Å². The van der Waals surface area contributed by atoms with E-state index in [9.17, 15) is 4.79 Å². The minimum Gasteiger partial charge on any atom is -0.339 e. The molecule has 18 heavy (non-hydrogen) atoms. The molecule has 2 N–H and O–H groups in total. The summed E-state index contributed by atoms with van der Waals surface area (Å²) in [4.78, 5) is 14.7. The Labute approximate surface area is 110 Å². The first-order chi connectivity index (χ1) is 8.72. The van der Waals surface area contributed by atoms with Crippen molar-refractivity contribution in [2.75, 3.05) is 19.6 Å². The van der Waals surface area contributed by atoms with Crippen molar-refractivity contribution in [2.24, 2.45) is 0 Å². The minimum atomic E-state index is -0.0249. The molecular weight excluding hydrogens is 226 g/mol. The van der Waals surface area contributed by atoms with Gasteiger partial charge in [-0.3, -0.25) is 4.79 Å². The van der Waals surface area contributed by atoms with Crippen LogP contribution in [0.25, 0.3) is 0 Å². The van der Waals surface area contributed by atoms with Crippen LogP contribution in [0.15, 0.2) is 0 Å². The smallest absolute Gasteiger partial charge is 0.241 e. The summed E-state index contributed by atoms with van der Waals surface area (Å²) >= 11 is 0. The maximum atomic E-state index is 12.6. The van der Waals surface area contributed by atoms with Crippen LogP contribution < -0.4 is 10.6 Å². The average Bonchev–Trinajstić information content (AvgIpc) is 2.41. The summed E-state index contributed by atoms with van der Waals surface area (Å²) in [6.45, 7) is 6.75. The second kappa shape index (κ2) is 6.53. The third-order valence-electron chi connectivity index (χ3n) is 4.28. The SMILES string of the molecule is CCN(C(=O)C1CNC(C)CN1)C1CCCCC1. The maximum absolute atomic E-state index is 12.6. The Morgan fingerprint density at radius 1 is 1.17 bits per heavy atom. The Bertz CT molecular complexity index is 268. The number of hydrogen-bond acceptors (Lipinski definition) is 3. The number of likely N-dealkylation sites (N-methyl/N-ethyl adjacent to an activating group) is 1. The van der Waals surface area contributed by atoms with Crippen molar-refractivity contribution in [3.05, 3.63) is 0 Å². The first-order valence-corrected chi connectivity index (χ1v) is 7.49. The van der Waals surface area contributed by atoms with Gasteiger partial charge in [0.05, 0.1) is 6.04 Å². The lowest BCUT2D eigenvalue weighted by molar-refractivity contribution is -0.136. The van der Waals surface area contributed by atoms with Crippen LogP contribution in [0.2, 0.25) is 0 Å². The average molecular weight is 253 g/mol. The third-order valence-corrected chi connectivity index (χ3v) is 4.28. The van der Waals surface area contributed by atoms with Crippen LogP contribution in [0.4, 0.5) is 0 Å². The number of piperazine rings is 1. The van der Waals surface area contributed by atoms with Gasteiger partial charge in [0, 0.05) is 31.7 Å². The summed E-state index contributed by atoms with van der Waals surface area (Å²) in [5, 5.41) is 6.75. The van der Waals surface area contributed by atoms with E-state index in [2.05, 4.69) is 29.4 Å². The number of nitrogens with one attached hydrogen (secondary N) is 2. The molecule has 2 atom stereocenters. The molecule has 1 saturated heterocycles. The molecule has 2 unspecified atom stereocenters. The first kappa shape index (κ1) is 13.8. The molecule has 0 aromatic carbocycles. The number of rotatable bonds is 3. The molecule has 0 aromatic rings. The van der Waals surface area contributed by atoms with Gasteiger partial charge in [-0.2, -0.15) is 0 Å². The van der Waals surface area contributed by atoms with Crippen LogP contribution in [0, 0.1) is 0 Å². The highest BCUT2D eigenvalue weighted by Gasteiger charge is 2.31. The highest BCUT2D eigenvalue weighted by atomic mass is 16.2. The van der Waals surface area contributed by atoms with E-state index in [0.29, 0.717) is 18.0 Å².